The minimum Gasteiger partial charge on any atom is -0.487 e. The SMILES string of the molecule is CC(C)Oc1cc(N(Cc2cnccn2)c2ccc(C(=O)O)cc2)ccc1OC(F)F. The second-order valence-electron chi connectivity index (χ2n) is 6.81. The second kappa shape index (κ2) is 9.84. The highest BCUT2D eigenvalue weighted by atomic mass is 19.3. The van der Waals surface area contributed by atoms with Crippen LogP contribution in [0.1, 0.15) is 29.9 Å². The van der Waals surface area contributed by atoms with Gasteiger partial charge in [-0.15, -0.1) is 0 Å². The Morgan fingerprint density at radius 2 is 1.74 bits per heavy atom. The van der Waals surface area contributed by atoms with E-state index in [9.17, 15) is 13.6 Å². The third-order valence-corrected chi connectivity index (χ3v) is 4.18. The Morgan fingerprint density at radius 3 is 2.32 bits per heavy atom. The number of ether oxygens (including phenoxy) is 2. The van der Waals surface area contributed by atoms with Crippen LogP contribution in [-0.4, -0.2) is 33.8 Å². The summed E-state index contributed by atoms with van der Waals surface area (Å²) in [6.07, 6.45) is 4.46. The molecule has 0 radical (unpaired) electrons. The van der Waals surface area contributed by atoms with Crippen molar-refractivity contribution in [1.82, 2.24) is 9.97 Å². The second-order valence-corrected chi connectivity index (χ2v) is 6.81. The first-order valence-corrected chi connectivity index (χ1v) is 9.45. The van der Waals surface area contributed by atoms with Crippen LogP contribution in [0.2, 0.25) is 0 Å². The third-order valence-electron chi connectivity index (χ3n) is 4.18. The van der Waals surface area contributed by atoms with Gasteiger partial charge in [0, 0.05) is 29.8 Å². The Kier molecular flexibility index (Phi) is 6.96. The molecule has 1 aromatic heterocycles. The average Bonchev–Trinajstić information content (AvgIpc) is 2.73. The van der Waals surface area contributed by atoms with Crippen molar-refractivity contribution >= 4 is 17.3 Å². The molecule has 0 fully saturated rings. The highest BCUT2D eigenvalue weighted by Crippen LogP contribution is 2.37. The zero-order chi connectivity index (χ0) is 22.4. The summed E-state index contributed by atoms with van der Waals surface area (Å²) in [5.41, 5.74) is 2.09. The highest BCUT2D eigenvalue weighted by molar-refractivity contribution is 5.88. The van der Waals surface area contributed by atoms with Crippen molar-refractivity contribution in [2.24, 2.45) is 0 Å². The summed E-state index contributed by atoms with van der Waals surface area (Å²) in [4.78, 5) is 21.4. The first kappa shape index (κ1) is 21.9. The molecule has 2 aromatic carbocycles. The maximum Gasteiger partial charge on any atom is 0.387 e. The molecule has 7 nitrogen and oxygen atoms in total. The van der Waals surface area contributed by atoms with Crippen molar-refractivity contribution < 1.29 is 28.2 Å². The van der Waals surface area contributed by atoms with E-state index in [1.807, 2.05) is 4.90 Å². The van der Waals surface area contributed by atoms with Crippen molar-refractivity contribution in [2.75, 3.05) is 4.90 Å². The number of hydrogen-bond acceptors (Lipinski definition) is 6. The fourth-order valence-electron chi connectivity index (χ4n) is 2.89. The third kappa shape index (κ3) is 5.88. The zero-order valence-electron chi connectivity index (χ0n) is 16.9. The van der Waals surface area contributed by atoms with Gasteiger partial charge in [0.05, 0.1) is 30.1 Å². The molecule has 1 heterocycles. The van der Waals surface area contributed by atoms with Crippen LogP contribution in [0.5, 0.6) is 11.5 Å². The number of aromatic nitrogens is 2. The van der Waals surface area contributed by atoms with Gasteiger partial charge >= 0.3 is 12.6 Å². The van der Waals surface area contributed by atoms with Gasteiger partial charge in [-0.25, -0.2) is 4.79 Å². The largest absolute Gasteiger partial charge is 0.487 e. The van der Waals surface area contributed by atoms with Crippen LogP contribution in [0.25, 0.3) is 0 Å². The van der Waals surface area contributed by atoms with Gasteiger partial charge < -0.3 is 19.5 Å². The van der Waals surface area contributed by atoms with E-state index in [0.29, 0.717) is 23.6 Å². The van der Waals surface area contributed by atoms with Crippen LogP contribution < -0.4 is 14.4 Å². The van der Waals surface area contributed by atoms with Gasteiger partial charge in [0.1, 0.15) is 0 Å². The molecular formula is C22H21F2N3O4. The number of carboxylic acid groups (broad SMARTS) is 1. The number of benzene rings is 2. The Morgan fingerprint density at radius 1 is 1.03 bits per heavy atom. The maximum absolute atomic E-state index is 12.8. The van der Waals surface area contributed by atoms with Crippen molar-refractivity contribution in [3.8, 4) is 11.5 Å². The summed E-state index contributed by atoms with van der Waals surface area (Å²) in [5.74, 6) is -0.944. The average molecular weight is 429 g/mol. The molecule has 3 aromatic rings. The van der Waals surface area contributed by atoms with E-state index in [4.69, 9.17) is 9.84 Å². The monoisotopic (exact) mass is 429 g/mol. The van der Waals surface area contributed by atoms with Crippen LogP contribution in [0.4, 0.5) is 20.2 Å². The Hall–Kier alpha value is -3.75. The molecule has 0 saturated heterocycles. The van der Waals surface area contributed by atoms with E-state index in [1.54, 1.807) is 56.7 Å². The number of halogens is 2. The Labute approximate surface area is 177 Å². The quantitative estimate of drug-likeness (QED) is 0.518. The van der Waals surface area contributed by atoms with Gasteiger partial charge in [0.2, 0.25) is 0 Å². The van der Waals surface area contributed by atoms with E-state index in [-0.39, 0.29) is 23.2 Å². The molecule has 1 N–H and O–H groups in total. The van der Waals surface area contributed by atoms with E-state index < -0.39 is 12.6 Å². The lowest BCUT2D eigenvalue weighted by Gasteiger charge is -2.26. The molecule has 0 bridgehead atoms. The minimum absolute atomic E-state index is 0.0758. The highest BCUT2D eigenvalue weighted by Gasteiger charge is 2.18. The maximum atomic E-state index is 12.8. The van der Waals surface area contributed by atoms with Gasteiger partial charge in [0.25, 0.3) is 0 Å². The fourth-order valence-corrected chi connectivity index (χ4v) is 2.89. The molecule has 0 spiro atoms. The van der Waals surface area contributed by atoms with Crippen LogP contribution in [0.3, 0.4) is 0 Å². The summed E-state index contributed by atoms with van der Waals surface area (Å²) < 4.78 is 35.9. The molecule has 0 atom stereocenters. The number of carbonyl (C=O) groups is 1. The Bertz CT molecular complexity index is 1020. The number of anilines is 2. The zero-order valence-corrected chi connectivity index (χ0v) is 16.9. The Balaban J connectivity index is 2.04. The number of alkyl halides is 2. The summed E-state index contributed by atoms with van der Waals surface area (Å²) in [5, 5.41) is 9.17. The van der Waals surface area contributed by atoms with Crippen LogP contribution in [0, 0.1) is 0 Å². The summed E-state index contributed by atoms with van der Waals surface area (Å²) >= 11 is 0. The summed E-state index contributed by atoms with van der Waals surface area (Å²) in [7, 11) is 0. The van der Waals surface area contributed by atoms with Gasteiger partial charge in [-0.1, -0.05) is 0 Å². The molecule has 9 heteroatoms. The number of aromatic carboxylic acids is 1. The predicted octanol–water partition coefficient (Wildman–Crippen LogP) is 4.90. The molecule has 0 aliphatic carbocycles. The fraction of sp³-hybridized carbons (Fsp3) is 0.227. The lowest BCUT2D eigenvalue weighted by atomic mass is 10.1. The van der Waals surface area contributed by atoms with E-state index in [2.05, 4.69) is 14.7 Å². The number of carboxylic acids is 1. The smallest absolute Gasteiger partial charge is 0.387 e. The summed E-state index contributed by atoms with van der Waals surface area (Å²) in [6.45, 7) is 0.873. The molecule has 0 aliphatic heterocycles. The van der Waals surface area contributed by atoms with Crippen molar-refractivity contribution in [3.63, 3.8) is 0 Å². The van der Waals surface area contributed by atoms with Gasteiger partial charge in [0.15, 0.2) is 11.5 Å². The molecular weight excluding hydrogens is 408 g/mol. The van der Waals surface area contributed by atoms with Crippen LogP contribution >= 0.6 is 0 Å². The molecule has 3 rings (SSSR count). The molecule has 0 saturated carbocycles. The number of nitrogens with zero attached hydrogens (tertiary/aromatic N) is 3. The minimum atomic E-state index is -2.99. The molecule has 162 valence electrons. The van der Waals surface area contributed by atoms with Crippen molar-refractivity contribution in [1.29, 1.82) is 0 Å². The lowest BCUT2D eigenvalue weighted by Crippen LogP contribution is -2.18. The molecule has 0 aliphatic rings. The van der Waals surface area contributed by atoms with E-state index in [1.165, 1.54) is 18.2 Å². The topological polar surface area (TPSA) is 84.8 Å². The summed E-state index contributed by atoms with van der Waals surface area (Å²) in [6, 6.07) is 10.9. The standard InChI is InChI=1S/C22H21F2N3O4/c1-14(2)30-20-11-18(7-8-19(20)31-22(23)24)27(13-16-12-25-9-10-26-16)17-5-3-15(4-6-17)21(28)29/h3-12,14,22H,13H2,1-2H3,(H,28,29). The van der Waals surface area contributed by atoms with E-state index in [0.717, 1.165) is 0 Å². The normalized spacial score (nSPS) is 10.9. The molecule has 0 amide bonds. The van der Waals surface area contributed by atoms with Gasteiger partial charge in [-0.3, -0.25) is 9.97 Å². The van der Waals surface area contributed by atoms with Gasteiger partial charge in [-0.05, 0) is 50.2 Å². The number of hydrogen-bond donors (Lipinski definition) is 1. The molecule has 31 heavy (non-hydrogen) atoms. The van der Waals surface area contributed by atoms with Gasteiger partial charge in [-0.2, -0.15) is 8.78 Å². The van der Waals surface area contributed by atoms with Crippen molar-refractivity contribution in [3.05, 3.63) is 72.3 Å². The number of rotatable bonds is 9. The van der Waals surface area contributed by atoms with E-state index >= 15 is 0 Å². The lowest BCUT2D eigenvalue weighted by molar-refractivity contribution is -0.0518. The molecule has 0 unspecified atom stereocenters. The predicted molar refractivity (Wildman–Crippen MR) is 110 cm³/mol. The van der Waals surface area contributed by atoms with Crippen LogP contribution in [-0.2, 0) is 6.54 Å². The first-order valence-electron chi connectivity index (χ1n) is 9.45. The first-order chi connectivity index (χ1) is 14.8. The van der Waals surface area contributed by atoms with Crippen LogP contribution in [0.15, 0.2) is 61.1 Å². The van der Waals surface area contributed by atoms with Crippen molar-refractivity contribution in [2.45, 2.75) is 33.1 Å².